The van der Waals surface area contributed by atoms with Crippen LogP contribution in [0.1, 0.15) is 41.4 Å². The molecule has 2 aliphatic heterocycles. The second-order valence-electron chi connectivity index (χ2n) is 6.07. The lowest BCUT2D eigenvalue weighted by Gasteiger charge is -2.15. The lowest BCUT2D eigenvalue weighted by atomic mass is 10.1. The van der Waals surface area contributed by atoms with Crippen molar-refractivity contribution in [3.05, 3.63) is 77.1 Å². The summed E-state index contributed by atoms with van der Waals surface area (Å²) in [6.45, 7) is 0. The van der Waals surface area contributed by atoms with E-state index in [4.69, 9.17) is 0 Å². The van der Waals surface area contributed by atoms with Crippen molar-refractivity contribution in [3.63, 3.8) is 0 Å². The van der Waals surface area contributed by atoms with Crippen molar-refractivity contribution >= 4 is 35.5 Å². The molecule has 9 heteroatoms. The number of aromatic nitrogens is 3. The van der Waals surface area contributed by atoms with Crippen molar-refractivity contribution in [1.82, 2.24) is 15.0 Å². The number of benzene rings is 2. The molecule has 0 unspecified atom stereocenters. The first-order valence-corrected chi connectivity index (χ1v) is 8.22. The molecule has 3 heterocycles. The van der Waals surface area contributed by atoms with Gasteiger partial charge in [0.15, 0.2) is 0 Å². The van der Waals surface area contributed by atoms with Crippen LogP contribution in [0.15, 0.2) is 54.9 Å². The van der Waals surface area contributed by atoms with E-state index in [1.807, 2.05) is 0 Å². The Morgan fingerprint density at radius 3 is 1.18 bits per heavy atom. The van der Waals surface area contributed by atoms with Gasteiger partial charge in [0.2, 0.25) is 11.9 Å². The highest BCUT2D eigenvalue weighted by Crippen LogP contribution is 2.29. The van der Waals surface area contributed by atoms with Gasteiger partial charge < -0.3 is 0 Å². The maximum Gasteiger partial charge on any atom is 0.268 e. The number of hydrogen-bond donors (Lipinski definition) is 0. The summed E-state index contributed by atoms with van der Waals surface area (Å²) in [6, 6.07) is 12.7. The topological polar surface area (TPSA) is 113 Å². The van der Waals surface area contributed by atoms with Gasteiger partial charge in [0.25, 0.3) is 23.6 Å². The lowest BCUT2D eigenvalue weighted by molar-refractivity contribution is 0.0911. The highest BCUT2D eigenvalue weighted by Gasteiger charge is 2.41. The Bertz CT molecular complexity index is 1060. The van der Waals surface area contributed by atoms with Gasteiger partial charge in [-0.3, -0.25) is 19.2 Å². The Kier molecular flexibility index (Phi) is 3.20. The molecule has 0 N–H and O–H groups in total. The fraction of sp³-hybridized carbons (Fsp3) is 0. The van der Waals surface area contributed by atoms with Crippen LogP contribution in [0.4, 0.5) is 11.9 Å². The average molecular weight is 371 g/mol. The molecule has 0 saturated carbocycles. The molecule has 0 fully saturated rings. The number of carbonyl (C=O) groups is 4. The highest BCUT2D eigenvalue weighted by atomic mass is 16.2. The monoisotopic (exact) mass is 371 g/mol. The minimum absolute atomic E-state index is 0.232. The van der Waals surface area contributed by atoms with Crippen molar-refractivity contribution in [2.45, 2.75) is 0 Å². The highest BCUT2D eigenvalue weighted by molar-refractivity contribution is 6.35. The summed E-state index contributed by atoms with van der Waals surface area (Å²) in [6.07, 6.45) is 1.05. The van der Waals surface area contributed by atoms with Gasteiger partial charge in [-0.25, -0.2) is 19.8 Å². The smallest absolute Gasteiger partial charge is 0.268 e. The van der Waals surface area contributed by atoms with E-state index in [0.29, 0.717) is 0 Å². The van der Waals surface area contributed by atoms with Gasteiger partial charge >= 0.3 is 0 Å². The van der Waals surface area contributed by atoms with Crippen LogP contribution in [0.3, 0.4) is 0 Å². The Balaban J connectivity index is 1.56. The Labute approximate surface area is 157 Å². The number of carbonyl (C=O) groups excluding carboxylic acids is 4. The van der Waals surface area contributed by atoms with Crippen LogP contribution < -0.4 is 9.80 Å². The van der Waals surface area contributed by atoms with Gasteiger partial charge in [-0.05, 0) is 24.3 Å². The quantitative estimate of drug-likeness (QED) is 0.627. The third-order valence-corrected chi connectivity index (χ3v) is 4.53. The molecule has 28 heavy (non-hydrogen) atoms. The lowest BCUT2D eigenvalue weighted by Crippen LogP contribution is -2.34. The zero-order valence-corrected chi connectivity index (χ0v) is 14.1. The van der Waals surface area contributed by atoms with Gasteiger partial charge in [-0.1, -0.05) is 24.3 Å². The summed E-state index contributed by atoms with van der Waals surface area (Å²) in [5, 5.41) is 0. The minimum Gasteiger partial charge on any atom is -0.268 e. The predicted octanol–water partition coefficient (Wildman–Crippen LogP) is 1.47. The number of imide groups is 2. The summed E-state index contributed by atoms with van der Waals surface area (Å²) in [7, 11) is 0. The number of fused-ring (bicyclic) bond motifs is 2. The van der Waals surface area contributed by atoms with Gasteiger partial charge in [0.05, 0.1) is 22.3 Å². The predicted molar refractivity (Wildman–Crippen MR) is 95.0 cm³/mol. The van der Waals surface area contributed by atoms with Crippen molar-refractivity contribution in [1.29, 1.82) is 0 Å². The van der Waals surface area contributed by atoms with Crippen LogP contribution in [-0.2, 0) is 0 Å². The molecule has 1 aromatic heterocycles. The molecular formula is C19H9N5O4. The molecule has 3 aromatic rings. The van der Waals surface area contributed by atoms with Crippen LogP contribution in [0, 0.1) is 0 Å². The molecular weight excluding hydrogens is 362 g/mol. The van der Waals surface area contributed by atoms with Crippen LogP contribution in [0.5, 0.6) is 0 Å². The van der Waals surface area contributed by atoms with Crippen LogP contribution >= 0.6 is 0 Å². The fourth-order valence-corrected chi connectivity index (χ4v) is 3.24. The van der Waals surface area contributed by atoms with Crippen molar-refractivity contribution in [2.75, 3.05) is 9.80 Å². The number of hydrogen-bond acceptors (Lipinski definition) is 7. The first-order valence-electron chi connectivity index (χ1n) is 8.22. The van der Waals surface area contributed by atoms with Gasteiger partial charge in [0.1, 0.15) is 6.33 Å². The van der Waals surface area contributed by atoms with E-state index in [-0.39, 0.29) is 34.2 Å². The van der Waals surface area contributed by atoms with E-state index >= 15 is 0 Å². The van der Waals surface area contributed by atoms with Crippen molar-refractivity contribution < 1.29 is 19.2 Å². The van der Waals surface area contributed by atoms with Gasteiger partial charge in [0, 0.05) is 0 Å². The molecule has 2 aliphatic rings. The van der Waals surface area contributed by atoms with Gasteiger partial charge in [-0.2, -0.15) is 4.98 Å². The van der Waals surface area contributed by atoms with E-state index in [0.717, 1.165) is 16.1 Å². The molecule has 0 atom stereocenters. The third kappa shape index (κ3) is 2.04. The summed E-state index contributed by atoms with van der Waals surface area (Å²) in [5.74, 6) is -2.85. The zero-order chi connectivity index (χ0) is 19.4. The first-order chi connectivity index (χ1) is 13.6. The van der Waals surface area contributed by atoms with Crippen LogP contribution in [0.2, 0.25) is 0 Å². The van der Waals surface area contributed by atoms with E-state index in [1.165, 1.54) is 24.3 Å². The molecule has 0 spiro atoms. The van der Waals surface area contributed by atoms with E-state index in [1.54, 1.807) is 24.3 Å². The van der Waals surface area contributed by atoms with E-state index < -0.39 is 23.6 Å². The normalized spacial score (nSPS) is 15.3. The minimum atomic E-state index is -0.583. The van der Waals surface area contributed by atoms with E-state index in [9.17, 15) is 19.2 Å². The fourth-order valence-electron chi connectivity index (χ4n) is 3.24. The Hall–Kier alpha value is -4.27. The number of rotatable bonds is 2. The number of anilines is 2. The molecule has 9 nitrogen and oxygen atoms in total. The standard InChI is InChI=1S/C19H9N5O4/c25-14-10-5-1-2-6-11(10)15(26)23(14)18-20-9-21-19(22-18)24-16(27)12-7-3-4-8-13(12)17(24)28/h1-9H. The maximum atomic E-state index is 12.6. The van der Waals surface area contributed by atoms with Crippen LogP contribution in [0.25, 0.3) is 0 Å². The first kappa shape index (κ1) is 15.9. The summed E-state index contributed by atoms with van der Waals surface area (Å²) in [5.41, 5.74) is 0.927. The Morgan fingerprint density at radius 2 is 0.857 bits per heavy atom. The SMILES string of the molecule is O=C1c2ccccc2C(=O)N1c1ncnc(N2C(=O)c3ccccc3C2=O)n1. The molecule has 0 bridgehead atoms. The van der Waals surface area contributed by atoms with E-state index in [2.05, 4.69) is 15.0 Å². The second-order valence-corrected chi connectivity index (χ2v) is 6.07. The summed E-state index contributed by atoms with van der Waals surface area (Å²) >= 11 is 0. The third-order valence-electron chi connectivity index (χ3n) is 4.53. The number of nitrogens with zero attached hydrogens (tertiary/aromatic N) is 5. The molecule has 0 radical (unpaired) electrons. The molecule has 0 aliphatic carbocycles. The van der Waals surface area contributed by atoms with Gasteiger partial charge in [-0.15, -0.1) is 0 Å². The van der Waals surface area contributed by atoms with Crippen LogP contribution in [-0.4, -0.2) is 38.6 Å². The molecule has 2 aromatic carbocycles. The Morgan fingerprint density at radius 1 is 0.536 bits per heavy atom. The second kappa shape index (κ2) is 5.61. The maximum absolute atomic E-state index is 12.6. The zero-order valence-electron chi connectivity index (χ0n) is 14.1. The molecule has 0 saturated heterocycles. The molecule has 134 valence electrons. The molecule has 4 amide bonds. The summed E-state index contributed by atoms with van der Waals surface area (Å²) < 4.78 is 0. The summed E-state index contributed by atoms with van der Waals surface area (Å²) in [4.78, 5) is 63.8. The number of amides is 4. The van der Waals surface area contributed by atoms with Crippen molar-refractivity contribution in [3.8, 4) is 0 Å². The molecule has 5 rings (SSSR count). The van der Waals surface area contributed by atoms with Crippen molar-refractivity contribution in [2.24, 2.45) is 0 Å². The largest absolute Gasteiger partial charge is 0.268 e. The average Bonchev–Trinajstić information content (AvgIpc) is 3.13.